The fourth-order valence-corrected chi connectivity index (χ4v) is 2.38. The van der Waals surface area contributed by atoms with Crippen molar-refractivity contribution in [2.24, 2.45) is 0 Å². The molecule has 0 radical (unpaired) electrons. The molecule has 1 aromatic rings. The van der Waals surface area contributed by atoms with Crippen LogP contribution < -0.4 is 5.32 Å². The lowest BCUT2D eigenvalue weighted by atomic mass is 10.2. The van der Waals surface area contributed by atoms with E-state index in [4.69, 9.17) is 9.84 Å². The summed E-state index contributed by atoms with van der Waals surface area (Å²) in [4.78, 5) is 5.45. The van der Waals surface area contributed by atoms with E-state index in [1.807, 2.05) is 13.1 Å². The van der Waals surface area contributed by atoms with Gasteiger partial charge in [-0.15, -0.1) is 11.3 Å². The number of aliphatic hydroxyl groups is 1. The molecule has 0 aliphatic rings. The number of aliphatic hydroxyl groups excluding tert-OH is 1. The zero-order valence-electron chi connectivity index (χ0n) is 10.1. The molecule has 0 saturated heterocycles. The van der Waals surface area contributed by atoms with Crippen molar-refractivity contribution in [3.05, 3.63) is 16.1 Å². The van der Waals surface area contributed by atoms with Gasteiger partial charge in [0.1, 0.15) is 0 Å². The second-order valence-corrected chi connectivity index (χ2v) is 5.10. The summed E-state index contributed by atoms with van der Waals surface area (Å²) in [6, 6.07) is 0.435. The van der Waals surface area contributed by atoms with Crippen molar-refractivity contribution >= 4 is 11.3 Å². The van der Waals surface area contributed by atoms with E-state index >= 15 is 0 Å². The van der Waals surface area contributed by atoms with Gasteiger partial charge in [-0.3, -0.25) is 0 Å². The molecule has 1 rings (SSSR count). The second-order valence-electron chi connectivity index (χ2n) is 3.83. The van der Waals surface area contributed by atoms with Crippen LogP contribution in [0.2, 0.25) is 0 Å². The highest BCUT2D eigenvalue weighted by molar-refractivity contribution is 7.11. The van der Waals surface area contributed by atoms with Crippen LogP contribution in [0.4, 0.5) is 0 Å². The number of thiazole rings is 1. The zero-order chi connectivity index (χ0) is 12.0. The van der Waals surface area contributed by atoms with Crippen molar-refractivity contribution in [2.45, 2.75) is 32.4 Å². The molecule has 1 heterocycles. The first-order chi connectivity index (χ1) is 7.67. The van der Waals surface area contributed by atoms with E-state index in [2.05, 4.69) is 17.2 Å². The molecule has 0 aromatic carbocycles. The van der Waals surface area contributed by atoms with Gasteiger partial charge in [-0.2, -0.15) is 0 Å². The van der Waals surface area contributed by atoms with Crippen LogP contribution in [0, 0.1) is 6.92 Å². The molecule has 0 bridgehead atoms. The number of hydrogen-bond donors (Lipinski definition) is 2. The first-order valence-corrected chi connectivity index (χ1v) is 6.27. The summed E-state index contributed by atoms with van der Waals surface area (Å²) in [5.74, 6) is 0. The molecular formula is C11H20N2O2S. The van der Waals surface area contributed by atoms with Gasteiger partial charge < -0.3 is 15.2 Å². The highest BCUT2D eigenvalue weighted by Crippen LogP contribution is 2.20. The fourth-order valence-electron chi connectivity index (χ4n) is 1.59. The number of hydrogen-bond acceptors (Lipinski definition) is 5. The normalized spacial score (nSPS) is 15.0. The fraction of sp³-hybridized carbons (Fsp3) is 0.727. The topological polar surface area (TPSA) is 54.4 Å². The molecule has 0 aliphatic heterocycles. The third-order valence-corrected chi connectivity index (χ3v) is 3.49. The molecule has 0 spiro atoms. The van der Waals surface area contributed by atoms with Crippen molar-refractivity contribution in [3.63, 3.8) is 0 Å². The predicted octanol–water partition coefficient (Wildman–Crippen LogP) is 1.50. The Morgan fingerprint density at radius 1 is 1.62 bits per heavy atom. The average Bonchev–Trinajstić information content (AvgIpc) is 2.65. The van der Waals surface area contributed by atoms with Crippen LogP contribution in [-0.4, -0.2) is 36.5 Å². The third-order valence-electron chi connectivity index (χ3n) is 2.40. The number of ether oxygens (including phenoxy) is 1. The van der Waals surface area contributed by atoms with E-state index in [1.165, 1.54) is 4.88 Å². The van der Waals surface area contributed by atoms with Gasteiger partial charge in [0.15, 0.2) is 0 Å². The van der Waals surface area contributed by atoms with Crippen molar-refractivity contribution < 1.29 is 9.84 Å². The number of nitrogens with zero attached hydrogens (tertiary/aromatic N) is 1. The molecule has 2 unspecified atom stereocenters. The van der Waals surface area contributed by atoms with Crippen LogP contribution in [0.5, 0.6) is 0 Å². The third kappa shape index (κ3) is 4.17. The van der Waals surface area contributed by atoms with Gasteiger partial charge in [0.25, 0.3) is 0 Å². The minimum atomic E-state index is 0.176. The van der Waals surface area contributed by atoms with Crippen LogP contribution in [0.3, 0.4) is 0 Å². The maximum absolute atomic E-state index is 8.95. The van der Waals surface area contributed by atoms with Gasteiger partial charge in [0.05, 0.1) is 11.6 Å². The lowest BCUT2D eigenvalue weighted by Crippen LogP contribution is -2.35. The zero-order valence-corrected chi connectivity index (χ0v) is 10.9. The minimum Gasteiger partial charge on any atom is -0.396 e. The van der Waals surface area contributed by atoms with Crippen molar-refractivity contribution in [1.82, 2.24) is 10.3 Å². The molecule has 1 aromatic heterocycles. The Balaban J connectivity index is 2.50. The van der Waals surface area contributed by atoms with Gasteiger partial charge in [-0.25, -0.2) is 4.98 Å². The number of aryl methyl sites for hydroxylation is 1. The van der Waals surface area contributed by atoms with Crippen LogP contribution in [-0.2, 0) is 4.74 Å². The predicted molar refractivity (Wildman–Crippen MR) is 65.8 cm³/mol. The Kier molecular flexibility index (Phi) is 5.90. The summed E-state index contributed by atoms with van der Waals surface area (Å²) >= 11 is 1.70. The Hall–Kier alpha value is -0.490. The lowest BCUT2D eigenvalue weighted by molar-refractivity contribution is 0.144. The smallest absolute Gasteiger partial charge is 0.0897 e. The molecule has 92 valence electrons. The molecule has 2 atom stereocenters. The largest absolute Gasteiger partial charge is 0.396 e. The van der Waals surface area contributed by atoms with Crippen LogP contribution >= 0.6 is 11.3 Å². The summed E-state index contributed by atoms with van der Waals surface area (Å²) in [5.41, 5.74) is 0. The summed E-state index contributed by atoms with van der Waals surface area (Å²) in [6.45, 7) is 4.90. The van der Waals surface area contributed by atoms with E-state index in [0.717, 1.165) is 5.01 Å². The highest BCUT2D eigenvalue weighted by atomic mass is 32.1. The Labute approximate surface area is 101 Å². The number of nitrogens with one attached hydrogen (secondary N) is 1. The standard InChI is InChI=1S/C11H20N2O2S/c1-8(11-6-12-9(2)16-11)13-10(4-5-14)7-15-3/h6,8,10,13-14H,4-5,7H2,1-3H3. The van der Waals surface area contributed by atoms with Gasteiger partial charge >= 0.3 is 0 Å². The Morgan fingerprint density at radius 2 is 2.38 bits per heavy atom. The second kappa shape index (κ2) is 6.96. The molecule has 0 aliphatic carbocycles. The molecule has 0 fully saturated rings. The van der Waals surface area contributed by atoms with Crippen molar-refractivity contribution in [2.75, 3.05) is 20.3 Å². The lowest BCUT2D eigenvalue weighted by Gasteiger charge is -2.21. The Bertz CT molecular complexity index is 298. The van der Waals surface area contributed by atoms with E-state index in [1.54, 1.807) is 18.4 Å². The van der Waals surface area contributed by atoms with Gasteiger partial charge in [0.2, 0.25) is 0 Å². The van der Waals surface area contributed by atoms with Gasteiger partial charge in [0, 0.05) is 36.9 Å². The summed E-state index contributed by atoms with van der Waals surface area (Å²) in [5, 5.41) is 13.5. The van der Waals surface area contributed by atoms with Gasteiger partial charge in [-0.05, 0) is 20.3 Å². The van der Waals surface area contributed by atoms with E-state index in [-0.39, 0.29) is 18.7 Å². The number of aromatic nitrogens is 1. The molecule has 0 saturated carbocycles. The van der Waals surface area contributed by atoms with Gasteiger partial charge in [-0.1, -0.05) is 0 Å². The monoisotopic (exact) mass is 244 g/mol. The summed E-state index contributed by atoms with van der Waals surface area (Å²) in [6.07, 6.45) is 2.61. The maximum atomic E-state index is 8.95. The van der Waals surface area contributed by atoms with Crippen molar-refractivity contribution in [1.29, 1.82) is 0 Å². The van der Waals surface area contributed by atoms with Crippen LogP contribution in [0.1, 0.15) is 29.3 Å². The van der Waals surface area contributed by atoms with E-state index in [9.17, 15) is 0 Å². The molecule has 2 N–H and O–H groups in total. The van der Waals surface area contributed by atoms with Crippen LogP contribution in [0.25, 0.3) is 0 Å². The molecular weight excluding hydrogens is 224 g/mol. The SMILES string of the molecule is COCC(CCO)NC(C)c1cnc(C)s1. The summed E-state index contributed by atoms with van der Waals surface area (Å²) in [7, 11) is 1.67. The molecule has 16 heavy (non-hydrogen) atoms. The van der Waals surface area contributed by atoms with E-state index in [0.29, 0.717) is 13.0 Å². The quantitative estimate of drug-likeness (QED) is 0.763. The van der Waals surface area contributed by atoms with Crippen molar-refractivity contribution in [3.8, 4) is 0 Å². The first-order valence-electron chi connectivity index (χ1n) is 5.45. The number of methoxy groups -OCH3 is 1. The molecule has 0 amide bonds. The van der Waals surface area contributed by atoms with E-state index < -0.39 is 0 Å². The minimum absolute atomic E-state index is 0.176. The average molecular weight is 244 g/mol. The first kappa shape index (κ1) is 13.6. The van der Waals surface area contributed by atoms with Crippen LogP contribution in [0.15, 0.2) is 6.20 Å². The maximum Gasteiger partial charge on any atom is 0.0897 e. The summed E-state index contributed by atoms with van der Waals surface area (Å²) < 4.78 is 5.11. The molecule has 5 heteroatoms. The Morgan fingerprint density at radius 3 is 2.88 bits per heavy atom. The number of rotatable bonds is 7. The molecule has 4 nitrogen and oxygen atoms in total. The highest BCUT2D eigenvalue weighted by Gasteiger charge is 2.14.